The molecule has 1 N–H and O–H groups in total. The van der Waals surface area contributed by atoms with Gasteiger partial charge in [0.25, 0.3) is 0 Å². The van der Waals surface area contributed by atoms with Crippen molar-refractivity contribution in [1.29, 1.82) is 0 Å². The van der Waals surface area contributed by atoms with Gasteiger partial charge in [-0.1, -0.05) is 30.3 Å². The zero-order valence-electron chi connectivity index (χ0n) is 17.8. The average molecular weight is 404 g/mol. The summed E-state index contributed by atoms with van der Waals surface area (Å²) in [5.74, 6) is 0.870. The summed E-state index contributed by atoms with van der Waals surface area (Å²) in [4.78, 5) is 13.5. The third-order valence-electron chi connectivity index (χ3n) is 4.78. The van der Waals surface area contributed by atoms with Crippen LogP contribution in [0.15, 0.2) is 40.7 Å². The average Bonchev–Trinajstić information content (AvgIpc) is 3.16. The summed E-state index contributed by atoms with van der Waals surface area (Å²) in [6.45, 7) is 3.54. The topological polar surface area (TPSA) is 53.0 Å². The van der Waals surface area contributed by atoms with Crippen LogP contribution in [0.3, 0.4) is 0 Å². The number of thiazole rings is 1. The molecule has 0 spiro atoms. The number of guanidine groups is 1. The Labute approximate surface area is 173 Å². The summed E-state index contributed by atoms with van der Waals surface area (Å²) >= 11 is 1.64. The van der Waals surface area contributed by atoms with Gasteiger partial charge in [0.2, 0.25) is 0 Å². The number of hydrogen-bond donors (Lipinski definition) is 1. The summed E-state index contributed by atoms with van der Waals surface area (Å²) in [6.07, 6.45) is 1.02. The van der Waals surface area contributed by atoms with Crippen molar-refractivity contribution >= 4 is 17.3 Å². The molecule has 1 aromatic heterocycles. The summed E-state index contributed by atoms with van der Waals surface area (Å²) in [5, 5.41) is 6.61. The van der Waals surface area contributed by atoms with Gasteiger partial charge >= 0.3 is 0 Å². The second-order valence-electron chi connectivity index (χ2n) is 7.15. The van der Waals surface area contributed by atoms with E-state index in [2.05, 4.69) is 74.9 Å². The smallest absolute Gasteiger partial charge is 0.193 e. The molecule has 0 saturated heterocycles. The van der Waals surface area contributed by atoms with E-state index in [1.165, 1.54) is 5.56 Å². The maximum absolute atomic E-state index is 5.35. The Morgan fingerprint density at radius 3 is 2.57 bits per heavy atom. The van der Waals surface area contributed by atoms with Gasteiger partial charge in [-0.3, -0.25) is 4.99 Å². The van der Waals surface area contributed by atoms with E-state index >= 15 is 0 Å². The predicted molar refractivity (Wildman–Crippen MR) is 118 cm³/mol. The molecule has 0 aliphatic carbocycles. The van der Waals surface area contributed by atoms with Crippen LogP contribution in [0.5, 0.6) is 0 Å². The first-order valence-electron chi connectivity index (χ1n) is 9.53. The van der Waals surface area contributed by atoms with Crippen molar-refractivity contribution < 1.29 is 4.74 Å². The highest BCUT2D eigenvalue weighted by Crippen LogP contribution is 2.20. The number of benzene rings is 1. The van der Waals surface area contributed by atoms with Crippen molar-refractivity contribution in [3.63, 3.8) is 0 Å². The molecule has 154 valence electrons. The number of aromatic nitrogens is 1. The van der Waals surface area contributed by atoms with Crippen molar-refractivity contribution in [2.75, 3.05) is 41.8 Å². The number of likely N-dealkylation sites (N-methyl/N-ethyl adjacent to an activating group) is 1. The lowest BCUT2D eigenvalue weighted by molar-refractivity contribution is 0.119. The lowest BCUT2D eigenvalue weighted by Crippen LogP contribution is -2.46. The normalized spacial score (nSPS) is 14.2. The van der Waals surface area contributed by atoms with Crippen molar-refractivity contribution in [2.24, 2.45) is 4.99 Å². The molecule has 1 heterocycles. The van der Waals surface area contributed by atoms with Crippen LogP contribution in [-0.4, -0.2) is 68.6 Å². The van der Waals surface area contributed by atoms with Gasteiger partial charge in [-0.15, -0.1) is 11.3 Å². The zero-order valence-corrected chi connectivity index (χ0v) is 18.7. The molecular formula is C21H33N5OS. The number of ether oxygens (including phenoxy) is 1. The Morgan fingerprint density at radius 1 is 1.25 bits per heavy atom. The van der Waals surface area contributed by atoms with E-state index < -0.39 is 0 Å². The van der Waals surface area contributed by atoms with Crippen molar-refractivity contribution in [3.05, 3.63) is 52.0 Å². The highest BCUT2D eigenvalue weighted by atomic mass is 32.1. The van der Waals surface area contributed by atoms with E-state index in [-0.39, 0.29) is 6.10 Å². The monoisotopic (exact) mass is 403 g/mol. The van der Waals surface area contributed by atoms with Gasteiger partial charge in [0.05, 0.1) is 12.2 Å². The highest BCUT2D eigenvalue weighted by molar-refractivity contribution is 7.09. The van der Waals surface area contributed by atoms with Crippen molar-refractivity contribution in [1.82, 2.24) is 20.1 Å². The summed E-state index contributed by atoms with van der Waals surface area (Å²) in [6, 6.07) is 11.0. The molecule has 2 aromatic rings. The van der Waals surface area contributed by atoms with Crippen molar-refractivity contribution in [3.8, 4) is 0 Å². The Kier molecular flexibility index (Phi) is 8.89. The Hall–Kier alpha value is -1.96. The molecule has 0 saturated carbocycles. The molecule has 2 unspecified atom stereocenters. The standard InChI is InChI=1S/C21H33N5OS/c1-16(27-6)20-24-18(15-28-20)14-26(5)21(22-2)23-13-19(25(3)4)12-17-10-8-7-9-11-17/h7-11,15-16,19H,12-14H2,1-6H3,(H,22,23). The minimum Gasteiger partial charge on any atom is -0.375 e. The van der Waals surface area contributed by atoms with Crippen molar-refractivity contribution in [2.45, 2.75) is 32.0 Å². The number of aliphatic imine (C=N–C) groups is 1. The van der Waals surface area contributed by atoms with Gasteiger partial charge in [0.1, 0.15) is 11.1 Å². The molecule has 0 amide bonds. The SMILES string of the molecule is CN=C(NCC(Cc1ccccc1)N(C)C)N(C)Cc1csc(C(C)OC)n1. The van der Waals surface area contributed by atoms with Crippen LogP contribution in [0.1, 0.15) is 29.3 Å². The molecule has 0 fully saturated rings. The summed E-state index contributed by atoms with van der Waals surface area (Å²) in [5.41, 5.74) is 2.37. The number of methoxy groups -OCH3 is 1. The minimum absolute atomic E-state index is 0.0281. The second kappa shape index (κ2) is 11.1. The molecule has 6 nitrogen and oxygen atoms in total. The van der Waals surface area contributed by atoms with E-state index in [4.69, 9.17) is 4.74 Å². The number of nitrogens with one attached hydrogen (secondary N) is 1. The molecular weight excluding hydrogens is 370 g/mol. The van der Waals surface area contributed by atoms with Crippen LogP contribution in [0.25, 0.3) is 0 Å². The van der Waals surface area contributed by atoms with E-state index in [0.29, 0.717) is 12.6 Å². The molecule has 0 aliphatic rings. The van der Waals surface area contributed by atoms with Gasteiger partial charge in [0.15, 0.2) is 5.96 Å². The Morgan fingerprint density at radius 2 is 1.96 bits per heavy atom. The lowest BCUT2D eigenvalue weighted by atomic mass is 10.1. The maximum atomic E-state index is 5.35. The number of hydrogen-bond acceptors (Lipinski definition) is 5. The first-order chi connectivity index (χ1) is 13.4. The fourth-order valence-corrected chi connectivity index (χ4v) is 3.76. The first kappa shape index (κ1) is 22.3. The van der Waals surface area contributed by atoms with Gasteiger partial charge in [-0.25, -0.2) is 4.98 Å². The highest BCUT2D eigenvalue weighted by Gasteiger charge is 2.16. The molecule has 1 aromatic carbocycles. The van der Waals surface area contributed by atoms with Crippen LogP contribution >= 0.6 is 11.3 Å². The third kappa shape index (κ3) is 6.58. The van der Waals surface area contributed by atoms with Crippen LogP contribution in [0.4, 0.5) is 0 Å². The van der Waals surface area contributed by atoms with Gasteiger partial charge in [0, 0.05) is 39.2 Å². The van der Waals surface area contributed by atoms with Crippen LogP contribution < -0.4 is 5.32 Å². The molecule has 0 bridgehead atoms. The molecule has 0 aliphatic heterocycles. The third-order valence-corrected chi connectivity index (χ3v) is 5.84. The van der Waals surface area contributed by atoms with Crippen LogP contribution in [0, 0.1) is 0 Å². The second-order valence-corrected chi connectivity index (χ2v) is 8.04. The van der Waals surface area contributed by atoms with Gasteiger partial charge in [-0.2, -0.15) is 0 Å². The largest absolute Gasteiger partial charge is 0.375 e. The van der Waals surface area contributed by atoms with Crippen LogP contribution in [-0.2, 0) is 17.7 Å². The van der Waals surface area contributed by atoms with E-state index in [1.807, 2.05) is 21.0 Å². The maximum Gasteiger partial charge on any atom is 0.193 e. The number of rotatable bonds is 9. The van der Waals surface area contributed by atoms with E-state index in [1.54, 1.807) is 18.4 Å². The fraction of sp³-hybridized carbons (Fsp3) is 0.524. The summed E-state index contributed by atoms with van der Waals surface area (Å²) in [7, 11) is 9.81. The molecule has 28 heavy (non-hydrogen) atoms. The first-order valence-corrected chi connectivity index (χ1v) is 10.4. The quantitative estimate of drug-likeness (QED) is 0.515. The predicted octanol–water partition coefficient (Wildman–Crippen LogP) is 3.03. The number of nitrogens with zero attached hydrogens (tertiary/aromatic N) is 4. The molecule has 2 rings (SSSR count). The molecule has 2 atom stereocenters. The van der Waals surface area contributed by atoms with Gasteiger partial charge in [-0.05, 0) is 33.0 Å². The summed E-state index contributed by atoms with van der Waals surface area (Å²) < 4.78 is 5.35. The Balaban J connectivity index is 1.93. The van der Waals surface area contributed by atoms with Crippen LogP contribution in [0.2, 0.25) is 0 Å². The van der Waals surface area contributed by atoms with E-state index in [9.17, 15) is 0 Å². The molecule has 7 heteroatoms. The Bertz CT molecular complexity index is 731. The molecule has 0 radical (unpaired) electrons. The zero-order chi connectivity index (χ0) is 20.5. The lowest BCUT2D eigenvalue weighted by Gasteiger charge is -2.28. The fourth-order valence-electron chi connectivity index (χ4n) is 2.92. The van der Waals surface area contributed by atoms with Gasteiger partial charge < -0.3 is 19.9 Å². The minimum atomic E-state index is 0.0281. The van der Waals surface area contributed by atoms with E-state index in [0.717, 1.165) is 29.6 Å².